The largest absolute Gasteiger partial charge is 0.322 e. The van der Waals surface area contributed by atoms with Crippen molar-refractivity contribution in [1.29, 1.82) is 0 Å². The van der Waals surface area contributed by atoms with Crippen LogP contribution in [0.1, 0.15) is 24.5 Å². The van der Waals surface area contributed by atoms with Gasteiger partial charge in [0.15, 0.2) is 0 Å². The van der Waals surface area contributed by atoms with Gasteiger partial charge in [0, 0.05) is 17.3 Å². The van der Waals surface area contributed by atoms with Gasteiger partial charge in [-0.2, -0.15) is 0 Å². The molecule has 0 saturated carbocycles. The molecule has 1 heterocycles. The number of nitrogens with one attached hydrogen (secondary N) is 1. The van der Waals surface area contributed by atoms with Crippen LogP contribution in [0.15, 0.2) is 41.2 Å². The summed E-state index contributed by atoms with van der Waals surface area (Å²) in [5.74, 6) is 0.503. The van der Waals surface area contributed by atoms with Crippen molar-refractivity contribution in [2.75, 3.05) is 0 Å². The van der Waals surface area contributed by atoms with Crippen LogP contribution in [0.2, 0.25) is 0 Å². The van der Waals surface area contributed by atoms with Crippen molar-refractivity contribution in [3.8, 4) is 0 Å². The van der Waals surface area contributed by atoms with Gasteiger partial charge in [-0.3, -0.25) is 4.79 Å². The van der Waals surface area contributed by atoms with E-state index in [0.29, 0.717) is 12.3 Å². The van der Waals surface area contributed by atoms with Crippen LogP contribution in [0, 0.1) is 5.92 Å². The van der Waals surface area contributed by atoms with Crippen molar-refractivity contribution in [1.82, 2.24) is 4.98 Å². The van der Waals surface area contributed by atoms with Crippen molar-refractivity contribution in [3.63, 3.8) is 0 Å². The molecular formula is C17H17NO. The van der Waals surface area contributed by atoms with Gasteiger partial charge >= 0.3 is 0 Å². The first-order valence-electron chi connectivity index (χ1n) is 6.70. The third-order valence-corrected chi connectivity index (χ3v) is 3.58. The molecule has 0 fully saturated rings. The van der Waals surface area contributed by atoms with Gasteiger partial charge in [-0.25, -0.2) is 0 Å². The molecule has 1 atom stereocenters. The fraction of sp³-hybridized carbons (Fsp3) is 0.235. The highest BCUT2D eigenvalue weighted by Crippen LogP contribution is 2.06. The maximum atomic E-state index is 12.1. The van der Waals surface area contributed by atoms with E-state index in [9.17, 15) is 4.79 Å². The summed E-state index contributed by atoms with van der Waals surface area (Å²) in [6.07, 6.45) is 6.09. The molecule has 0 radical (unpaired) electrons. The first-order chi connectivity index (χ1) is 9.22. The lowest BCUT2D eigenvalue weighted by Gasteiger charge is -2.08. The Bertz CT molecular complexity index is 756. The summed E-state index contributed by atoms with van der Waals surface area (Å²) >= 11 is 0. The normalized spacial score (nSPS) is 17.2. The Morgan fingerprint density at radius 1 is 1.26 bits per heavy atom. The molecule has 2 heteroatoms. The zero-order valence-corrected chi connectivity index (χ0v) is 11.0. The van der Waals surface area contributed by atoms with Crippen LogP contribution in [0.4, 0.5) is 0 Å². The van der Waals surface area contributed by atoms with Crippen molar-refractivity contribution in [2.45, 2.75) is 19.8 Å². The summed E-state index contributed by atoms with van der Waals surface area (Å²) in [4.78, 5) is 15.1. The van der Waals surface area contributed by atoms with Gasteiger partial charge in [-0.1, -0.05) is 49.4 Å². The predicted octanol–water partition coefficient (Wildman–Crippen LogP) is 1.57. The second-order valence-electron chi connectivity index (χ2n) is 5.24. The Morgan fingerprint density at radius 2 is 2.05 bits per heavy atom. The summed E-state index contributed by atoms with van der Waals surface area (Å²) in [6, 6.07) is 12.1. The van der Waals surface area contributed by atoms with Crippen LogP contribution >= 0.6 is 0 Å². The summed E-state index contributed by atoms with van der Waals surface area (Å²) in [5.41, 5.74) is 2.03. The minimum Gasteiger partial charge on any atom is -0.322 e. The van der Waals surface area contributed by atoms with Crippen LogP contribution < -0.4 is 16.1 Å². The van der Waals surface area contributed by atoms with Gasteiger partial charge in [0.1, 0.15) is 0 Å². The molecule has 1 aromatic carbocycles. The topological polar surface area (TPSA) is 32.9 Å². The minimum atomic E-state index is 0.0290. The second-order valence-corrected chi connectivity index (χ2v) is 5.24. The molecular weight excluding hydrogens is 234 g/mol. The summed E-state index contributed by atoms with van der Waals surface area (Å²) in [7, 11) is 0. The summed E-state index contributed by atoms with van der Waals surface area (Å²) < 4.78 is 0. The third kappa shape index (κ3) is 2.53. The monoisotopic (exact) mass is 251 g/mol. The summed E-state index contributed by atoms with van der Waals surface area (Å²) in [5, 5.41) is 2.13. The molecule has 3 rings (SSSR count). The maximum Gasteiger partial charge on any atom is 0.251 e. The number of aromatic amines is 1. The highest BCUT2D eigenvalue weighted by atomic mass is 16.1. The fourth-order valence-corrected chi connectivity index (χ4v) is 2.53. The molecule has 0 spiro atoms. The predicted molar refractivity (Wildman–Crippen MR) is 78.3 cm³/mol. The molecule has 96 valence electrons. The molecule has 0 amide bonds. The van der Waals surface area contributed by atoms with E-state index in [1.165, 1.54) is 5.56 Å². The van der Waals surface area contributed by atoms with E-state index >= 15 is 0 Å². The Labute approximate surface area is 112 Å². The minimum absolute atomic E-state index is 0.0290. The lowest BCUT2D eigenvalue weighted by Crippen LogP contribution is -2.38. The average molecular weight is 251 g/mol. The lowest BCUT2D eigenvalue weighted by atomic mass is 9.99. The van der Waals surface area contributed by atoms with E-state index < -0.39 is 0 Å². The van der Waals surface area contributed by atoms with Crippen LogP contribution in [0.5, 0.6) is 0 Å². The second kappa shape index (κ2) is 4.88. The van der Waals surface area contributed by atoms with Gasteiger partial charge in [0.2, 0.25) is 0 Å². The van der Waals surface area contributed by atoms with Crippen molar-refractivity contribution in [2.24, 2.45) is 5.92 Å². The maximum absolute atomic E-state index is 12.1. The smallest absolute Gasteiger partial charge is 0.251 e. The number of rotatable bonds is 2. The standard InChI is InChI=1S/C17H17NO/c1-12-7-8-14-11-15(17(19)18-16(14)9-12)10-13-5-3-2-4-6-13/h2-6,8-9,11-12H,7,10H2,1H3,(H,18,19). The molecule has 2 aromatic rings. The molecule has 1 aliphatic rings. The van der Waals surface area contributed by atoms with E-state index in [4.69, 9.17) is 0 Å². The van der Waals surface area contributed by atoms with Crippen LogP contribution in [0.3, 0.4) is 0 Å². The fourth-order valence-electron chi connectivity index (χ4n) is 2.53. The molecule has 0 aliphatic heterocycles. The Hall–Kier alpha value is -2.09. The average Bonchev–Trinajstić information content (AvgIpc) is 2.41. The molecule has 1 unspecified atom stereocenters. The number of hydrogen-bond donors (Lipinski definition) is 1. The van der Waals surface area contributed by atoms with E-state index in [2.05, 4.69) is 36.2 Å². The van der Waals surface area contributed by atoms with Crippen molar-refractivity contribution in [3.05, 3.63) is 68.4 Å². The Balaban J connectivity index is 2.06. The number of benzene rings is 1. The van der Waals surface area contributed by atoms with Crippen molar-refractivity contribution >= 4 is 12.2 Å². The van der Waals surface area contributed by atoms with Crippen LogP contribution in [-0.2, 0) is 6.42 Å². The number of hydrogen-bond acceptors (Lipinski definition) is 1. The number of aromatic nitrogens is 1. The van der Waals surface area contributed by atoms with Gasteiger partial charge < -0.3 is 4.98 Å². The SMILES string of the molecule is CC1C=c2[nH]c(=O)c(Cc3ccccc3)cc2=CC1. The molecule has 1 N–H and O–H groups in total. The zero-order chi connectivity index (χ0) is 13.2. The van der Waals surface area contributed by atoms with Gasteiger partial charge in [0.25, 0.3) is 5.56 Å². The number of H-pyrrole nitrogens is 1. The van der Waals surface area contributed by atoms with Crippen LogP contribution in [0.25, 0.3) is 12.2 Å². The number of fused-ring (bicyclic) bond motifs is 1. The van der Waals surface area contributed by atoms with E-state index in [1.54, 1.807) is 0 Å². The highest BCUT2D eigenvalue weighted by molar-refractivity contribution is 5.39. The number of pyridine rings is 1. The molecule has 1 aliphatic carbocycles. The van der Waals surface area contributed by atoms with E-state index in [-0.39, 0.29) is 5.56 Å². The van der Waals surface area contributed by atoms with Crippen molar-refractivity contribution < 1.29 is 0 Å². The van der Waals surface area contributed by atoms with Crippen LogP contribution in [-0.4, -0.2) is 4.98 Å². The Morgan fingerprint density at radius 3 is 2.84 bits per heavy atom. The van der Waals surface area contributed by atoms with E-state index in [1.807, 2.05) is 24.3 Å². The first kappa shape index (κ1) is 12.0. The third-order valence-electron chi connectivity index (χ3n) is 3.58. The molecule has 0 bridgehead atoms. The first-order valence-corrected chi connectivity index (χ1v) is 6.70. The molecule has 1 aromatic heterocycles. The summed E-state index contributed by atoms with van der Waals surface area (Å²) in [6.45, 7) is 2.16. The Kier molecular flexibility index (Phi) is 3.08. The molecule has 0 saturated heterocycles. The lowest BCUT2D eigenvalue weighted by molar-refractivity contribution is 0.792. The quantitative estimate of drug-likeness (QED) is 0.863. The van der Waals surface area contributed by atoms with E-state index in [0.717, 1.165) is 22.6 Å². The molecule has 19 heavy (non-hydrogen) atoms. The van der Waals surface area contributed by atoms with Gasteiger partial charge in [0.05, 0.1) is 0 Å². The highest BCUT2D eigenvalue weighted by Gasteiger charge is 2.06. The van der Waals surface area contributed by atoms with Gasteiger partial charge in [-0.15, -0.1) is 0 Å². The zero-order valence-electron chi connectivity index (χ0n) is 11.0. The molecule has 2 nitrogen and oxygen atoms in total. The van der Waals surface area contributed by atoms with Gasteiger partial charge in [-0.05, 0) is 29.2 Å².